The molecule has 2 heterocycles. The lowest BCUT2D eigenvalue weighted by atomic mass is 10.3. The number of ether oxygens (including phenoxy) is 1. The molecule has 0 saturated carbocycles. The lowest BCUT2D eigenvalue weighted by Gasteiger charge is -2.03. The summed E-state index contributed by atoms with van der Waals surface area (Å²) in [5, 5.41) is 3.27. The van der Waals surface area contributed by atoms with E-state index in [9.17, 15) is 4.79 Å². The molecule has 5 nitrogen and oxygen atoms in total. The third-order valence-corrected chi connectivity index (χ3v) is 3.83. The standard InChI is InChI=1S/C16H13N3O2S/c1-21-13-8-3-2-7-12(13)18-16-19-15(20)14(22-16)10-11-6-4-5-9-17-11/h2-10H,1H3,(H,18,19,20)/b14-10-. The summed E-state index contributed by atoms with van der Waals surface area (Å²) in [5.74, 6) is 0.483. The Labute approximate surface area is 132 Å². The van der Waals surface area contributed by atoms with E-state index in [4.69, 9.17) is 4.74 Å². The van der Waals surface area contributed by atoms with Crippen LogP contribution in [0.2, 0.25) is 0 Å². The first kappa shape index (κ1) is 14.3. The third-order valence-electron chi connectivity index (χ3n) is 2.92. The number of hydrogen-bond acceptors (Lipinski definition) is 5. The fourth-order valence-electron chi connectivity index (χ4n) is 1.91. The summed E-state index contributed by atoms with van der Waals surface area (Å²) in [6.07, 6.45) is 3.43. The number of carbonyl (C=O) groups is 1. The Bertz CT molecular complexity index is 757. The van der Waals surface area contributed by atoms with Crippen LogP contribution in [0.3, 0.4) is 0 Å². The number of nitrogens with one attached hydrogen (secondary N) is 1. The Hall–Kier alpha value is -2.60. The van der Waals surface area contributed by atoms with Crippen molar-refractivity contribution in [2.75, 3.05) is 7.11 Å². The van der Waals surface area contributed by atoms with Gasteiger partial charge in [0.2, 0.25) is 0 Å². The Morgan fingerprint density at radius 3 is 2.82 bits per heavy atom. The minimum Gasteiger partial charge on any atom is -0.494 e. The summed E-state index contributed by atoms with van der Waals surface area (Å²) < 4.78 is 5.25. The largest absolute Gasteiger partial charge is 0.494 e. The Kier molecular flexibility index (Phi) is 4.20. The molecule has 1 aliphatic heterocycles. The van der Waals surface area contributed by atoms with Crippen molar-refractivity contribution in [3.05, 3.63) is 59.3 Å². The van der Waals surface area contributed by atoms with Crippen molar-refractivity contribution in [2.45, 2.75) is 0 Å². The van der Waals surface area contributed by atoms with E-state index in [1.54, 1.807) is 19.4 Å². The SMILES string of the molecule is COc1ccccc1N=C1NC(=O)/C(=C/c2ccccn2)S1. The van der Waals surface area contributed by atoms with Gasteiger partial charge in [-0.15, -0.1) is 0 Å². The van der Waals surface area contributed by atoms with Gasteiger partial charge in [-0.25, -0.2) is 4.99 Å². The molecule has 110 valence electrons. The molecule has 0 radical (unpaired) electrons. The van der Waals surface area contributed by atoms with Gasteiger partial charge in [0.1, 0.15) is 11.4 Å². The summed E-state index contributed by atoms with van der Waals surface area (Å²) in [7, 11) is 1.59. The van der Waals surface area contributed by atoms with Gasteiger partial charge in [-0.2, -0.15) is 0 Å². The summed E-state index contributed by atoms with van der Waals surface area (Å²) in [6.45, 7) is 0. The van der Waals surface area contributed by atoms with Crippen LogP contribution in [0.15, 0.2) is 58.6 Å². The number of amides is 1. The first-order valence-electron chi connectivity index (χ1n) is 6.60. The van der Waals surface area contributed by atoms with Crippen molar-refractivity contribution >= 4 is 34.6 Å². The molecular weight excluding hydrogens is 298 g/mol. The van der Waals surface area contributed by atoms with E-state index in [-0.39, 0.29) is 5.91 Å². The van der Waals surface area contributed by atoms with E-state index in [1.807, 2.05) is 42.5 Å². The first-order chi connectivity index (χ1) is 10.8. The predicted molar refractivity (Wildman–Crippen MR) is 88.0 cm³/mol. The number of nitrogens with zero attached hydrogens (tertiary/aromatic N) is 2. The summed E-state index contributed by atoms with van der Waals surface area (Å²) in [6, 6.07) is 12.9. The molecule has 1 N–H and O–H groups in total. The molecule has 0 spiro atoms. The average Bonchev–Trinajstić information content (AvgIpc) is 2.88. The fraction of sp³-hybridized carbons (Fsp3) is 0.0625. The molecule has 1 aromatic heterocycles. The molecule has 0 atom stereocenters. The maximum atomic E-state index is 12.0. The number of para-hydroxylation sites is 2. The molecule has 1 saturated heterocycles. The van der Waals surface area contributed by atoms with Gasteiger partial charge >= 0.3 is 0 Å². The molecule has 0 aliphatic carbocycles. The van der Waals surface area contributed by atoms with Crippen LogP contribution in [-0.4, -0.2) is 23.2 Å². The normalized spacial score (nSPS) is 17.8. The number of hydrogen-bond donors (Lipinski definition) is 1. The Morgan fingerprint density at radius 1 is 1.23 bits per heavy atom. The van der Waals surface area contributed by atoms with Crippen LogP contribution < -0.4 is 10.1 Å². The zero-order chi connectivity index (χ0) is 15.4. The highest BCUT2D eigenvalue weighted by atomic mass is 32.2. The summed E-state index contributed by atoms with van der Waals surface area (Å²) in [4.78, 5) is 21.2. The number of thioether (sulfide) groups is 1. The number of amidine groups is 1. The number of aromatic nitrogens is 1. The number of aliphatic imine (C=N–C) groups is 1. The predicted octanol–water partition coefficient (Wildman–Crippen LogP) is 2.98. The zero-order valence-electron chi connectivity index (χ0n) is 11.8. The molecule has 22 heavy (non-hydrogen) atoms. The fourth-order valence-corrected chi connectivity index (χ4v) is 2.73. The third kappa shape index (κ3) is 3.17. The van der Waals surface area contributed by atoms with E-state index in [0.29, 0.717) is 21.5 Å². The number of pyridine rings is 1. The van der Waals surface area contributed by atoms with E-state index < -0.39 is 0 Å². The molecule has 1 fully saturated rings. The molecule has 1 amide bonds. The lowest BCUT2D eigenvalue weighted by molar-refractivity contribution is -0.115. The summed E-state index contributed by atoms with van der Waals surface area (Å²) in [5.41, 5.74) is 1.41. The van der Waals surface area contributed by atoms with E-state index >= 15 is 0 Å². The van der Waals surface area contributed by atoms with Gasteiger partial charge in [-0.05, 0) is 42.1 Å². The van der Waals surface area contributed by atoms with Gasteiger partial charge in [-0.3, -0.25) is 9.78 Å². The number of carbonyl (C=O) groups excluding carboxylic acids is 1. The van der Waals surface area contributed by atoms with Gasteiger partial charge in [-0.1, -0.05) is 18.2 Å². The lowest BCUT2D eigenvalue weighted by Crippen LogP contribution is -2.19. The number of benzene rings is 1. The van der Waals surface area contributed by atoms with Crippen LogP contribution in [0.4, 0.5) is 5.69 Å². The minimum atomic E-state index is -0.177. The van der Waals surface area contributed by atoms with Crippen LogP contribution in [0, 0.1) is 0 Å². The molecule has 1 aliphatic rings. The molecular formula is C16H13N3O2S. The van der Waals surface area contributed by atoms with Crippen LogP contribution in [-0.2, 0) is 4.79 Å². The van der Waals surface area contributed by atoms with Gasteiger partial charge < -0.3 is 10.1 Å². The maximum Gasteiger partial charge on any atom is 0.264 e. The molecule has 0 unspecified atom stereocenters. The Balaban J connectivity index is 1.85. The first-order valence-corrected chi connectivity index (χ1v) is 7.41. The highest BCUT2D eigenvalue weighted by Gasteiger charge is 2.24. The van der Waals surface area contributed by atoms with Gasteiger partial charge in [0.05, 0.1) is 17.7 Å². The Morgan fingerprint density at radius 2 is 2.05 bits per heavy atom. The van der Waals surface area contributed by atoms with Crippen molar-refractivity contribution in [1.29, 1.82) is 0 Å². The molecule has 0 bridgehead atoms. The quantitative estimate of drug-likeness (QED) is 0.885. The second-order valence-electron chi connectivity index (χ2n) is 4.41. The highest BCUT2D eigenvalue weighted by molar-refractivity contribution is 8.18. The number of methoxy groups -OCH3 is 1. The van der Waals surface area contributed by atoms with Crippen LogP contribution in [0.25, 0.3) is 6.08 Å². The smallest absolute Gasteiger partial charge is 0.264 e. The van der Waals surface area contributed by atoms with Crippen LogP contribution >= 0.6 is 11.8 Å². The average molecular weight is 311 g/mol. The van der Waals surface area contributed by atoms with Gasteiger partial charge in [0, 0.05) is 6.20 Å². The maximum absolute atomic E-state index is 12.0. The summed E-state index contributed by atoms with van der Waals surface area (Å²) >= 11 is 1.28. The highest BCUT2D eigenvalue weighted by Crippen LogP contribution is 2.31. The van der Waals surface area contributed by atoms with Gasteiger partial charge in [0.15, 0.2) is 5.17 Å². The second kappa shape index (κ2) is 6.44. The van der Waals surface area contributed by atoms with Crippen molar-refractivity contribution in [3.63, 3.8) is 0 Å². The minimum absolute atomic E-state index is 0.177. The van der Waals surface area contributed by atoms with Crippen molar-refractivity contribution < 1.29 is 9.53 Å². The second-order valence-corrected chi connectivity index (χ2v) is 5.44. The van der Waals surface area contributed by atoms with E-state index in [0.717, 1.165) is 5.69 Å². The van der Waals surface area contributed by atoms with Crippen molar-refractivity contribution in [3.8, 4) is 5.75 Å². The number of rotatable bonds is 3. The van der Waals surface area contributed by atoms with E-state index in [1.165, 1.54) is 11.8 Å². The monoisotopic (exact) mass is 311 g/mol. The molecule has 1 aromatic carbocycles. The van der Waals surface area contributed by atoms with Gasteiger partial charge in [0.25, 0.3) is 5.91 Å². The van der Waals surface area contributed by atoms with E-state index in [2.05, 4.69) is 15.3 Å². The van der Waals surface area contributed by atoms with Crippen LogP contribution in [0.5, 0.6) is 5.75 Å². The zero-order valence-corrected chi connectivity index (χ0v) is 12.6. The molecule has 3 rings (SSSR count). The topological polar surface area (TPSA) is 63.6 Å². The van der Waals surface area contributed by atoms with Crippen LogP contribution in [0.1, 0.15) is 5.69 Å². The molecule has 6 heteroatoms. The van der Waals surface area contributed by atoms with Crippen molar-refractivity contribution in [1.82, 2.24) is 10.3 Å². The van der Waals surface area contributed by atoms with Crippen molar-refractivity contribution in [2.24, 2.45) is 4.99 Å². The molecule has 2 aromatic rings.